The van der Waals surface area contributed by atoms with Gasteiger partial charge in [-0.2, -0.15) is 0 Å². The maximum Gasteiger partial charge on any atom is 0.342 e. The second-order valence-electron chi connectivity index (χ2n) is 13.8. The average molecular weight is 545 g/mol. The summed E-state index contributed by atoms with van der Waals surface area (Å²) in [5.41, 5.74) is -10.2. The van der Waals surface area contributed by atoms with Gasteiger partial charge >= 0.3 is 11.9 Å². The van der Waals surface area contributed by atoms with Crippen LogP contribution in [0.1, 0.15) is 52.9 Å². The van der Waals surface area contributed by atoms with Gasteiger partial charge in [-0.3, -0.25) is 14.4 Å². The number of rotatable bonds is 0. The number of ketones is 2. The van der Waals surface area contributed by atoms with E-state index in [1.54, 1.807) is 19.9 Å². The van der Waals surface area contributed by atoms with Crippen molar-refractivity contribution in [3.05, 3.63) is 12.2 Å². The summed E-state index contributed by atoms with van der Waals surface area (Å²) in [7, 11) is 0. The molecule has 39 heavy (non-hydrogen) atoms. The fourth-order valence-electron chi connectivity index (χ4n) is 10.6. The van der Waals surface area contributed by atoms with Crippen molar-refractivity contribution in [2.45, 2.75) is 93.3 Å². The highest BCUT2D eigenvalue weighted by Crippen LogP contribution is 2.75. The Morgan fingerprint density at radius 3 is 2.54 bits per heavy atom. The van der Waals surface area contributed by atoms with Gasteiger partial charge in [-0.1, -0.05) is 13.0 Å². The first kappa shape index (κ1) is 24.6. The van der Waals surface area contributed by atoms with Crippen LogP contribution < -0.4 is 0 Å². The van der Waals surface area contributed by atoms with Crippen molar-refractivity contribution in [1.82, 2.24) is 0 Å². The number of aliphatic hydroxyl groups excluding tert-OH is 1. The summed E-state index contributed by atoms with van der Waals surface area (Å²) < 4.78 is 24.8. The Morgan fingerprint density at radius 1 is 1.05 bits per heavy atom. The topological polar surface area (TPSA) is 166 Å². The van der Waals surface area contributed by atoms with Crippen LogP contribution in [0, 0.1) is 34.5 Å². The summed E-state index contributed by atoms with van der Waals surface area (Å²) >= 11 is 0. The third-order valence-electron chi connectivity index (χ3n) is 12.6. The molecule has 8 aliphatic rings. The lowest BCUT2D eigenvalue weighted by Gasteiger charge is -2.64. The fraction of sp³-hybridized carbons (Fsp3) is 0.786. The molecule has 2 saturated carbocycles. The van der Waals surface area contributed by atoms with E-state index in [0.717, 1.165) is 0 Å². The number of fused-ring (bicyclic) bond motifs is 5. The van der Waals surface area contributed by atoms with E-state index in [1.165, 1.54) is 13.0 Å². The molecule has 8 rings (SSSR count). The second kappa shape index (κ2) is 6.49. The highest BCUT2D eigenvalue weighted by molar-refractivity contribution is 6.00. The zero-order valence-corrected chi connectivity index (χ0v) is 22.0. The van der Waals surface area contributed by atoms with Crippen molar-refractivity contribution in [1.29, 1.82) is 0 Å². The number of ether oxygens (including phenoxy) is 4. The summed E-state index contributed by atoms with van der Waals surface area (Å²) in [4.78, 5) is 55.5. The van der Waals surface area contributed by atoms with Gasteiger partial charge in [0, 0.05) is 6.42 Å². The number of allylic oxidation sites excluding steroid dienone is 1. The Hall–Kier alpha value is -2.18. The number of carbonyl (C=O) groups is 4. The van der Waals surface area contributed by atoms with Gasteiger partial charge in [0.05, 0.1) is 41.5 Å². The molecule has 3 aliphatic carbocycles. The van der Waals surface area contributed by atoms with Crippen molar-refractivity contribution in [3.8, 4) is 0 Å². The smallest absolute Gasteiger partial charge is 0.342 e. The quantitative estimate of drug-likeness (QED) is 0.344. The molecule has 0 aromatic heterocycles. The number of hydrogen-bond donors (Lipinski definition) is 3. The van der Waals surface area contributed by atoms with Crippen molar-refractivity contribution >= 4 is 23.5 Å². The van der Waals surface area contributed by atoms with Gasteiger partial charge in [0.2, 0.25) is 5.79 Å². The first-order valence-corrected chi connectivity index (χ1v) is 13.8. The second-order valence-corrected chi connectivity index (χ2v) is 13.8. The molecule has 0 aromatic rings. The summed E-state index contributed by atoms with van der Waals surface area (Å²) in [6.45, 7) is 4.68. The highest BCUT2D eigenvalue weighted by atomic mass is 16.8. The number of Topliss-reactive ketones (excluding diaryl/α,β-unsaturated/α-hetero) is 1. The molecule has 3 N–H and O–H groups in total. The third kappa shape index (κ3) is 2.13. The fourth-order valence-corrected chi connectivity index (χ4v) is 10.6. The molecule has 0 amide bonds. The molecule has 5 saturated heterocycles. The first-order chi connectivity index (χ1) is 18.2. The largest absolute Gasteiger partial charge is 0.458 e. The number of esters is 2. The predicted octanol–water partition coefficient (Wildman–Crippen LogP) is -0.277. The van der Waals surface area contributed by atoms with E-state index in [-0.39, 0.29) is 44.5 Å². The molecule has 11 nitrogen and oxygen atoms in total. The van der Waals surface area contributed by atoms with Crippen molar-refractivity contribution in [2.75, 3.05) is 6.61 Å². The summed E-state index contributed by atoms with van der Waals surface area (Å²) in [5, 5.41) is 35.9. The minimum atomic E-state index is -2.34. The van der Waals surface area contributed by atoms with Crippen molar-refractivity contribution < 1.29 is 53.4 Å². The summed E-state index contributed by atoms with van der Waals surface area (Å²) in [6.07, 6.45) is 0.531. The zero-order chi connectivity index (χ0) is 27.8. The molecule has 0 aromatic carbocycles. The molecule has 5 heterocycles. The molecule has 2 spiro atoms. The van der Waals surface area contributed by atoms with Crippen LogP contribution in [-0.2, 0) is 38.1 Å². The van der Waals surface area contributed by atoms with Gasteiger partial charge in [-0.25, -0.2) is 4.79 Å². The van der Waals surface area contributed by atoms with Crippen molar-refractivity contribution in [3.63, 3.8) is 0 Å². The maximum atomic E-state index is 14.9. The summed E-state index contributed by atoms with van der Waals surface area (Å²) in [6, 6.07) is 0. The Bertz CT molecular complexity index is 1330. The van der Waals surface area contributed by atoms with E-state index < -0.39 is 92.6 Å². The summed E-state index contributed by atoms with van der Waals surface area (Å²) in [5.74, 6) is -8.83. The van der Waals surface area contributed by atoms with Crippen LogP contribution in [0.3, 0.4) is 0 Å². The first-order valence-electron chi connectivity index (χ1n) is 13.8. The molecular weight excluding hydrogens is 512 g/mol. The molecule has 210 valence electrons. The zero-order valence-electron chi connectivity index (χ0n) is 22.0. The normalized spacial score (nSPS) is 62.0. The SMILES string of the molecule is C[C@@]12C[C@H]3OC(=O)[C@@H]1CO[C@@]14O[C@@]5([C@H]2C1=O)[C@@]3(C)OC(=O)[C@@]5(O)CC[C@H]1[C@H]4[C@H](O)C[C@@]2(O)CC=CC(=O)[C@]12C. The molecule has 7 fully saturated rings. The minimum absolute atomic E-state index is 0.00259. The lowest BCUT2D eigenvalue weighted by atomic mass is 9.46. The van der Waals surface area contributed by atoms with Gasteiger partial charge in [-0.15, -0.1) is 0 Å². The minimum Gasteiger partial charge on any atom is -0.458 e. The van der Waals surface area contributed by atoms with E-state index in [1.807, 2.05) is 0 Å². The predicted molar refractivity (Wildman–Crippen MR) is 125 cm³/mol. The number of hydrogen-bond acceptors (Lipinski definition) is 11. The lowest BCUT2D eigenvalue weighted by molar-refractivity contribution is -0.385. The van der Waals surface area contributed by atoms with Gasteiger partial charge in [0.1, 0.15) is 6.10 Å². The van der Waals surface area contributed by atoms with Gasteiger partial charge in [-0.05, 0) is 56.9 Å². The van der Waals surface area contributed by atoms with E-state index in [4.69, 9.17) is 18.9 Å². The van der Waals surface area contributed by atoms with Crippen LogP contribution in [-0.4, -0.2) is 85.8 Å². The third-order valence-corrected chi connectivity index (χ3v) is 12.6. The van der Waals surface area contributed by atoms with Crippen LogP contribution in [0.25, 0.3) is 0 Å². The molecule has 5 bridgehead atoms. The Labute approximate surface area is 223 Å². The highest BCUT2D eigenvalue weighted by Gasteiger charge is 2.93. The molecule has 0 radical (unpaired) electrons. The monoisotopic (exact) mass is 544 g/mol. The Balaban J connectivity index is 1.44. The van der Waals surface area contributed by atoms with E-state index in [2.05, 4.69) is 0 Å². The number of aliphatic hydroxyl groups is 3. The van der Waals surface area contributed by atoms with Crippen LogP contribution in [0.4, 0.5) is 0 Å². The molecule has 11 heteroatoms. The van der Waals surface area contributed by atoms with Gasteiger partial charge < -0.3 is 34.3 Å². The Morgan fingerprint density at radius 2 is 1.79 bits per heavy atom. The van der Waals surface area contributed by atoms with Crippen LogP contribution in [0.15, 0.2) is 12.2 Å². The van der Waals surface area contributed by atoms with E-state index in [9.17, 15) is 34.5 Å². The van der Waals surface area contributed by atoms with Crippen molar-refractivity contribution in [2.24, 2.45) is 34.5 Å². The lowest BCUT2D eigenvalue weighted by Crippen LogP contribution is -2.79. The molecular formula is C28H32O11. The molecule has 13 atom stereocenters. The van der Waals surface area contributed by atoms with Gasteiger partial charge in [0.15, 0.2) is 28.4 Å². The maximum absolute atomic E-state index is 14.9. The van der Waals surface area contributed by atoms with Crippen LogP contribution in [0.2, 0.25) is 0 Å². The van der Waals surface area contributed by atoms with Crippen LogP contribution in [0.5, 0.6) is 0 Å². The van der Waals surface area contributed by atoms with E-state index >= 15 is 0 Å². The number of carbonyl (C=O) groups excluding carboxylic acids is 4. The average Bonchev–Trinajstić information content (AvgIpc) is 3.17. The molecule has 0 unspecified atom stereocenters. The molecule has 5 aliphatic heterocycles. The van der Waals surface area contributed by atoms with Crippen LogP contribution >= 0.6 is 0 Å². The standard InChI is InChI=1S/C28H32O11/c1-22-10-16-24(3)28-18(22)19(31)27(39-28,36-11-13(22)20(32)37-16)17-12(6-8-26(28,35)21(33)38-24)23(2)15(30)5-4-7-25(23,34)9-14(17)29/h4-5,12-14,16-18,29,34-35H,6-11H2,1-3H3/t12-,13-,14+,16+,17-,18-,22+,23-,24-,25-,26-,27-,28-/m0/s1. The Kier molecular flexibility index (Phi) is 4.09. The van der Waals surface area contributed by atoms with Gasteiger partial charge in [0.25, 0.3) is 0 Å². The van der Waals surface area contributed by atoms with E-state index in [0.29, 0.717) is 0 Å².